The maximum absolute atomic E-state index is 14.9. The van der Waals surface area contributed by atoms with Gasteiger partial charge in [0, 0.05) is 17.8 Å². The number of rotatable bonds is 9. The van der Waals surface area contributed by atoms with Crippen LogP contribution in [0.25, 0.3) is 10.8 Å². The fourth-order valence-corrected chi connectivity index (χ4v) is 4.83. The normalized spacial score (nSPS) is 15.6. The number of carboxylic acid groups (broad SMARTS) is 1. The van der Waals surface area contributed by atoms with E-state index in [4.69, 9.17) is 14.6 Å². The van der Waals surface area contributed by atoms with Gasteiger partial charge in [-0.15, -0.1) is 0 Å². The largest absolute Gasteiger partial charge is 0.486 e. The molecule has 1 unspecified atom stereocenters. The summed E-state index contributed by atoms with van der Waals surface area (Å²) < 4.78 is 26.5. The molecule has 7 heteroatoms. The fourth-order valence-electron chi connectivity index (χ4n) is 4.83. The quantitative estimate of drug-likeness (QED) is 0.290. The number of halogens is 1. The van der Waals surface area contributed by atoms with Crippen LogP contribution in [-0.4, -0.2) is 36.9 Å². The van der Waals surface area contributed by atoms with Crippen LogP contribution < -0.4 is 19.7 Å². The number of aliphatic carboxylic acids is 1. The van der Waals surface area contributed by atoms with Crippen LogP contribution in [0.3, 0.4) is 0 Å². The van der Waals surface area contributed by atoms with Crippen molar-refractivity contribution in [1.82, 2.24) is 5.32 Å². The van der Waals surface area contributed by atoms with Gasteiger partial charge in [-0.3, -0.25) is 0 Å². The summed E-state index contributed by atoms with van der Waals surface area (Å²) in [5.74, 6) is -0.546. The lowest BCUT2D eigenvalue weighted by molar-refractivity contribution is -0.139. The topological polar surface area (TPSA) is 71.0 Å². The maximum atomic E-state index is 14.9. The lowest BCUT2D eigenvalue weighted by Crippen LogP contribution is -2.39. The van der Waals surface area contributed by atoms with Gasteiger partial charge in [0.25, 0.3) is 0 Å². The smallest absolute Gasteiger partial charge is 0.341 e. The van der Waals surface area contributed by atoms with Crippen molar-refractivity contribution in [3.63, 3.8) is 0 Å². The summed E-state index contributed by atoms with van der Waals surface area (Å²) >= 11 is 0. The molecule has 0 aliphatic carbocycles. The zero-order valence-electron chi connectivity index (χ0n) is 20.6. The van der Waals surface area contributed by atoms with Crippen molar-refractivity contribution in [2.24, 2.45) is 0 Å². The number of nitrogens with one attached hydrogen (secondary N) is 1. The molecule has 0 saturated carbocycles. The highest BCUT2D eigenvalue weighted by Crippen LogP contribution is 2.41. The molecule has 0 amide bonds. The van der Waals surface area contributed by atoms with Crippen molar-refractivity contribution in [2.75, 3.05) is 24.6 Å². The Kier molecular flexibility index (Phi) is 7.23. The molecule has 0 spiro atoms. The molecule has 0 saturated heterocycles. The molecule has 4 aromatic carbocycles. The Hall–Kier alpha value is -4.10. The molecule has 2 N–H and O–H groups in total. The average molecular weight is 501 g/mol. The molecule has 190 valence electrons. The lowest BCUT2D eigenvalue weighted by Gasteiger charge is -2.37. The molecule has 0 radical (unpaired) electrons. The number of fused-ring (bicyclic) bond motifs is 2. The van der Waals surface area contributed by atoms with Gasteiger partial charge >= 0.3 is 5.97 Å². The summed E-state index contributed by atoms with van der Waals surface area (Å²) in [6.07, 6.45) is 0.543. The highest BCUT2D eigenvalue weighted by Gasteiger charge is 2.29. The van der Waals surface area contributed by atoms with Gasteiger partial charge < -0.3 is 24.8 Å². The van der Waals surface area contributed by atoms with E-state index >= 15 is 0 Å². The minimum Gasteiger partial charge on any atom is -0.486 e. The summed E-state index contributed by atoms with van der Waals surface area (Å²) in [5, 5.41) is 15.0. The van der Waals surface area contributed by atoms with Gasteiger partial charge in [-0.2, -0.15) is 0 Å². The van der Waals surface area contributed by atoms with Gasteiger partial charge in [0.1, 0.15) is 23.3 Å². The Morgan fingerprint density at radius 1 is 1.11 bits per heavy atom. The van der Waals surface area contributed by atoms with Crippen molar-refractivity contribution in [3.05, 3.63) is 96.3 Å². The second kappa shape index (κ2) is 10.9. The Labute approximate surface area is 215 Å². The van der Waals surface area contributed by atoms with Crippen molar-refractivity contribution < 1.29 is 23.8 Å². The van der Waals surface area contributed by atoms with Gasteiger partial charge in [-0.05, 0) is 60.5 Å². The maximum Gasteiger partial charge on any atom is 0.341 e. The van der Waals surface area contributed by atoms with Gasteiger partial charge in [0.2, 0.25) is 0 Å². The Morgan fingerprint density at radius 3 is 2.76 bits per heavy atom. The predicted octanol–water partition coefficient (Wildman–Crippen LogP) is 6.08. The molecule has 1 aliphatic heterocycles. The summed E-state index contributed by atoms with van der Waals surface area (Å²) in [7, 11) is 0. The van der Waals surface area contributed by atoms with E-state index in [2.05, 4.69) is 48.6 Å². The van der Waals surface area contributed by atoms with Crippen LogP contribution in [-0.2, 0) is 4.79 Å². The van der Waals surface area contributed by atoms with E-state index in [0.29, 0.717) is 29.4 Å². The standard InChI is InChI=1S/C30H29FN2O4/c1-20(25-12-4-8-21-7-2-3-11-26(21)25)32-16-15-24-18-33(30-27(31)13-6-14-28(30)37-24)22-9-5-10-23(17-22)36-19-29(34)35/h2-14,17,20,24,32H,15-16,18-19H2,1H3,(H,34,35)/t20-,24?/m1/s1. The van der Waals surface area contributed by atoms with E-state index in [9.17, 15) is 9.18 Å². The van der Waals surface area contributed by atoms with E-state index in [1.54, 1.807) is 30.3 Å². The van der Waals surface area contributed by atoms with Gasteiger partial charge in [-0.25, -0.2) is 9.18 Å². The molecule has 5 rings (SSSR count). The van der Waals surface area contributed by atoms with Gasteiger partial charge in [0.05, 0.1) is 6.54 Å². The monoisotopic (exact) mass is 500 g/mol. The molecular weight excluding hydrogens is 471 g/mol. The molecule has 0 bridgehead atoms. The van der Waals surface area contributed by atoms with Crippen LogP contribution in [0.4, 0.5) is 15.8 Å². The number of ether oxygens (including phenoxy) is 2. The first kappa shape index (κ1) is 24.6. The van der Waals surface area contributed by atoms with E-state index in [0.717, 1.165) is 13.0 Å². The number of carbonyl (C=O) groups is 1. The number of hydrogen-bond donors (Lipinski definition) is 2. The van der Waals surface area contributed by atoms with Crippen molar-refractivity contribution in [2.45, 2.75) is 25.5 Å². The summed E-state index contributed by atoms with van der Waals surface area (Å²) in [6.45, 7) is 2.87. The molecule has 37 heavy (non-hydrogen) atoms. The zero-order valence-corrected chi connectivity index (χ0v) is 20.6. The van der Waals surface area contributed by atoms with Crippen molar-refractivity contribution in [3.8, 4) is 11.5 Å². The molecule has 1 heterocycles. The molecule has 4 aromatic rings. The molecule has 2 atom stereocenters. The van der Waals surface area contributed by atoms with Crippen molar-refractivity contribution in [1.29, 1.82) is 0 Å². The van der Waals surface area contributed by atoms with E-state index in [1.807, 2.05) is 17.0 Å². The van der Waals surface area contributed by atoms with Crippen LogP contribution in [0.1, 0.15) is 24.9 Å². The molecular formula is C30H29FN2O4. The van der Waals surface area contributed by atoms with Crippen LogP contribution in [0.15, 0.2) is 84.9 Å². The molecule has 0 fully saturated rings. The number of hydrogen-bond acceptors (Lipinski definition) is 5. The SMILES string of the molecule is C[C@@H](NCCC1CN(c2cccc(OCC(=O)O)c2)c2c(F)cccc2O1)c1cccc2ccccc12. The second-order valence-electron chi connectivity index (χ2n) is 9.15. The first-order chi connectivity index (χ1) is 18.0. The van der Waals surface area contributed by atoms with E-state index < -0.39 is 12.6 Å². The number of carboxylic acids is 1. The first-order valence-electron chi connectivity index (χ1n) is 12.4. The second-order valence-corrected chi connectivity index (χ2v) is 9.15. The Bertz CT molecular complexity index is 1400. The van der Waals surface area contributed by atoms with E-state index in [-0.39, 0.29) is 18.0 Å². The number of para-hydroxylation sites is 1. The highest BCUT2D eigenvalue weighted by molar-refractivity contribution is 5.86. The fraction of sp³-hybridized carbons (Fsp3) is 0.233. The van der Waals surface area contributed by atoms with Crippen molar-refractivity contribution >= 4 is 28.1 Å². The third-order valence-corrected chi connectivity index (χ3v) is 6.60. The summed E-state index contributed by atoms with van der Waals surface area (Å²) in [4.78, 5) is 12.8. The summed E-state index contributed by atoms with van der Waals surface area (Å²) in [6, 6.07) is 26.7. The average Bonchev–Trinajstić information content (AvgIpc) is 2.91. The number of benzene rings is 4. The predicted molar refractivity (Wildman–Crippen MR) is 142 cm³/mol. The molecule has 0 aromatic heterocycles. The Morgan fingerprint density at radius 2 is 1.89 bits per heavy atom. The number of nitrogens with zero attached hydrogens (tertiary/aromatic N) is 1. The highest BCUT2D eigenvalue weighted by atomic mass is 19.1. The first-order valence-corrected chi connectivity index (χ1v) is 12.4. The van der Waals surface area contributed by atoms with Crippen LogP contribution in [0.5, 0.6) is 11.5 Å². The van der Waals surface area contributed by atoms with Crippen LogP contribution in [0.2, 0.25) is 0 Å². The van der Waals surface area contributed by atoms with E-state index in [1.165, 1.54) is 22.4 Å². The molecule has 1 aliphatic rings. The third-order valence-electron chi connectivity index (χ3n) is 6.60. The lowest BCUT2D eigenvalue weighted by atomic mass is 9.99. The Balaban J connectivity index is 1.31. The minimum absolute atomic E-state index is 0.151. The zero-order chi connectivity index (χ0) is 25.8. The molecule has 6 nitrogen and oxygen atoms in total. The number of anilines is 2. The van der Waals surface area contributed by atoms with Gasteiger partial charge in [0.15, 0.2) is 12.4 Å². The minimum atomic E-state index is -1.06. The summed E-state index contributed by atoms with van der Waals surface area (Å²) in [5.41, 5.74) is 2.32. The van der Waals surface area contributed by atoms with Gasteiger partial charge in [-0.1, -0.05) is 54.6 Å². The van der Waals surface area contributed by atoms with Crippen LogP contribution >= 0.6 is 0 Å². The third kappa shape index (κ3) is 5.52. The van der Waals surface area contributed by atoms with Crippen LogP contribution in [0, 0.1) is 5.82 Å².